The number of rotatable bonds is 11. The van der Waals surface area contributed by atoms with Crippen molar-refractivity contribution in [2.24, 2.45) is 11.8 Å². The van der Waals surface area contributed by atoms with Crippen molar-refractivity contribution in [2.75, 3.05) is 24.2 Å². The number of amides is 1. The van der Waals surface area contributed by atoms with Crippen molar-refractivity contribution in [2.45, 2.75) is 32.0 Å². The quantitative estimate of drug-likeness (QED) is 0.331. The molecule has 0 aliphatic heterocycles. The number of para-hydroxylation sites is 1. The topological polar surface area (TPSA) is 67.4 Å². The van der Waals surface area contributed by atoms with Crippen LogP contribution in [0.15, 0.2) is 58.9 Å². The Morgan fingerprint density at radius 1 is 0.969 bits per heavy atom. The molecular formula is C24H30N4O2S2. The Labute approximate surface area is 198 Å². The summed E-state index contributed by atoms with van der Waals surface area (Å²) in [5.41, 5.74) is 0.897. The molecule has 3 aromatic rings. The molecule has 1 amide bonds. The van der Waals surface area contributed by atoms with Crippen LogP contribution in [-0.2, 0) is 4.79 Å². The zero-order chi connectivity index (χ0) is 22.9. The molecule has 1 heterocycles. The number of thioether (sulfide) groups is 1. The third-order valence-electron chi connectivity index (χ3n) is 4.33. The summed E-state index contributed by atoms with van der Waals surface area (Å²) in [6.45, 7) is 10.1. The fourth-order valence-corrected chi connectivity index (χ4v) is 4.72. The number of carbonyl (C=O) groups excluding carboxylic acids is 1. The van der Waals surface area contributed by atoms with Crippen LogP contribution in [0.25, 0.3) is 0 Å². The molecule has 1 N–H and O–H groups in total. The first kappa shape index (κ1) is 24.1. The molecule has 0 bridgehead atoms. The number of carbonyl (C=O) groups is 1. The minimum absolute atomic E-state index is 0.149. The van der Waals surface area contributed by atoms with Crippen molar-refractivity contribution < 1.29 is 9.53 Å². The number of anilines is 2. The standard InChI is InChI=1S/C24H30N4O2S2/c1-17(2)14-28(15-18(3)4)22(29)16-31-24-27-26-23(32-24)25-19-10-12-21(13-11-19)30-20-8-6-5-7-9-20/h5-13,17-18H,14-16H2,1-4H3,(H,25,26). The second-order valence-corrected chi connectivity index (χ2v) is 10.5. The van der Waals surface area contributed by atoms with Crippen LogP contribution in [0.4, 0.5) is 10.8 Å². The number of hydrogen-bond acceptors (Lipinski definition) is 7. The average Bonchev–Trinajstić information content (AvgIpc) is 3.20. The van der Waals surface area contributed by atoms with Crippen LogP contribution in [0.2, 0.25) is 0 Å². The molecule has 170 valence electrons. The van der Waals surface area contributed by atoms with Crippen LogP contribution in [0.1, 0.15) is 27.7 Å². The van der Waals surface area contributed by atoms with Gasteiger partial charge in [-0.1, -0.05) is 69.0 Å². The predicted molar refractivity (Wildman–Crippen MR) is 133 cm³/mol. The Bertz CT molecular complexity index is 965. The second kappa shape index (κ2) is 11.9. The third-order valence-corrected chi connectivity index (χ3v) is 6.29. The van der Waals surface area contributed by atoms with E-state index >= 15 is 0 Å². The summed E-state index contributed by atoms with van der Waals surface area (Å²) >= 11 is 2.88. The molecule has 0 saturated carbocycles. The van der Waals surface area contributed by atoms with Crippen LogP contribution >= 0.6 is 23.1 Å². The SMILES string of the molecule is CC(C)CN(CC(C)C)C(=O)CSc1nnc(Nc2ccc(Oc3ccccc3)cc2)s1. The Morgan fingerprint density at radius 3 is 2.22 bits per heavy atom. The lowest BCUT2D eigenvalue weighted by atomic mass is 10.1. The first-order valence-corrected chi connectivity index (χ1v) is 12.5. The maximum absolute atomic E-state index is 12.7. The van der Waals surface area contributed by atoms with E-state index in [4.69, 9.17) is 4.74 Å². The summed E-state index contributed by atoms with van der Waals surface area (Å²) in [4.78, 5) is 14.6. The second-order valence-electron chi connectivity index (χ2n) is 8.31. The van der Waals surface area contributed by atoms with E-state index in [0.717, 1.165) is 34.6 Å². The number of aromatic nitrogens is 2. The maximum atomic E-state index is 12.7. The van der Waals surface area contributed by atoms with Gasteiger partial charge in [0.1, 0.15) is 11.5 Å². The van der Waals surface area contributed by atoms with Crippen molar-refractivity contribution in [1.82, 2.24) is 15.1 Å². The number of nitrogens with zero attached hydrogens (tertiary/aromatic N) is 3. The van der Waals surface area contributed by atoms with E-state index in [0.29, 0.717) is 22.7 Å². The summed E-state index contributed by atoms with van der Waals surface area (Å²) in [5, 5.41) is 12.4. The zero-order valence-electron chi connectivity index (χ0n) is 18.9. The van der Waals surface area contributed by atoms with Crippen LogP contribution in [0, 0.1) is 11.8 Å². The fraction of sp³-hybridized carbons (Fsp3) is 0.375. The molecule has 0 unspecified atom stereocenters. The molecule has 32 heavy (non-hydrogen) atoms. The highest BCUT2D eigenvalue weighted by Crippen LogP contribution is 2.29. The van der Waals surface area contributed by atoms with Crippen molar-refractivity contribution in [3.8, 4) is 11.5 Å². The monoisotopic (exact) mass is 470 g/mol. The molecule has 0 radical (unpaired) electrons. The largest absolute Gasteiger partial charge is 0.457 e. The molecule has 8 heteroatoms. The van der Waals surface area contributed by atoms with E-state index in [1.165, 1.54) is 23.1 Å². The predicted octanol–water partition coefficient (Wildman–Crippen LogP) is 6.31. The molecule has 0 saturated heterocycles. The van der Waals surface area contributed by atoms with Gasteiger partial charge >= 0.3 is 0 Å². The van der Waals surface area contributed by atoms with E-state index in [1.54, 1.807) is 0 Å². The van der Waals surface area contributed by atoms with E-state index in [-0.39, 0.29) is 5.91 Å². The smallest absolute Gasteiger partial charge is 0.233 e. The van der Waals surface area contributed by atoms with Gasteiger partial charge in [-0.2, -0.15) is 0 Å². The number of nitrogens with one attached hydrogen (secondary N) is 1. The lowest BCUT2D eigenvalue weighted by Crippen LogP contribution is -2.38. The lowest BCUT2D eigenvalue weighted by Gasteiger charge is -2.26. The van der Waals surface area contributed by atoms with Gasteiger partial charge in [-0.3, -0.25) is 4.79 Å². The van der Waals surface area contributed by atoms with Gasteiger partial charge in [-0.25, -0.2) is 0 Å². The number of hydrogen-bond donors (Lipinski definition) is 1. The van der Waals surface area contributed by atoms with Crippen LogP contribution < -0.4 is 10.1 Å². The maximum Gasteiger partial charge on any atom is 0.233 e. The molecule has 0 fully saturated rings. The molecular weight excluding hydrogens is 440 g/mol. The van der Waals surface area contributed by atoms with E-state index in [1.807, 2.05) is 59.5 Å². The highest BCUT2D eigenvalue weighted by atomic mass is 32.2. The Hall–Kier alpha value is -2.58. The molecule has 1 aromatic heterocycles. The molecule has 0 aliphatic carbocycles. The first-order valence-electron chi connectivity index (χ1n) is 10.7. The van der Waals surface area contributed by atoms with E-state index in [9.17, 15) is 4.79 Å². The zero-order valence-corrected chi connectivity index (χ0v) is 20.6. The van der Waals surface area contributed by atoms with Gasteiger partial charge in [-0.05, 0) is 48.2 Å². The molecule has 2 aromatic carbocycles. The van der Waals surface area contributed by atoms with Gasteiger partial charge in [-0.15, -0.1) is 10.2 Å². The number of ether oxygens (including phenoxy) is 1. The van der Waals surface area contributed by atoms with Gasteiger partial charge < -0.3 is 15.0 Å². The molecule has 0 atom stereocenters. The Kier molecular flexibility index (Phi) is 8.93. The van der Waals surface area contributed by atoms with Crippen LogP contribution in [0.3, 0.4) is 0 Å². The summed E-state index contributed by atoms with van der Waals surface area (Å²) in [5.74, 6) is 2.99. The minimum atomic E-state index is 0.149. The molecule has 6 nitrogen and oxygen atoms in total. The van der Waals surface area contributed by atoms with Crippen LogP contribution in [-0.4, -0.2) is 39.8 Å². The van der Waals surface area contributed by atoms with Gasteiger partial charge in [0.2, 0.25) is 11.0 Å². The van der Waals surface area contributed by atoms with Crippen LogP contribution in [0.5, 0.6) is 11.5 Å². The normalized spacial score (nSPS) is 11.1. The van der Waals surface area contributed by atoms with Gasteiger partial charge in [0, 0.05) is 18.8 Å². The summed E-state index contributed by atoms with van der Waals surface area (Å²) in [6, 6.07) is 17.4. The highest BCUT2D eigenvalue weighted by Gasteiger charge is 2.17. The highest BCUT2D eigenvalue weighted by molar-refractivity contribution is 8.01. The first-order chi connectivity index (χ1) is 15.4. The third kappa shape index (κ3) is 7.84. The molecule has 3 rings (SSSR count). The van der Waals surface area contributed by atoms with Crippen molar-refractivity contribution in [3.63, 3.8) is 0 Å². The minimum Gasteiger partial charge on any atom is -0.457 e. The van der Waals surface area contributed by atoms with E-state index in [2.05, 4.69) is 43.2 Å². The van der Waals surface area contributed by atoms with Gasteiger partial charge in [0.15, 0.2) is 4.34 Å². The van der Waals surface area contributed by atoms with Crippen molar-refractivity contribution in [3.05, 3.63) is 54.6 Å². The molecule has 0 spiro atoms. The van der Waals surface area contributed by atoms with Gasteiger partial charge in [0.05, 0.1) is 5.75 Å². The Morgan fingerprint density at radius 2 is 1.59 bits per heavy atom. The average molecular weight is 471 g/mol. The summed E-state index contributed by atoms with van der Waals surface area (Å²) in [7, 11) is 0. The van der Waals surface area contributed by atoms with E-state index < -0.39 is 0 Å². The lowest BCUT2D eigenvalue weighted by molar-refractivity contribution is -0.129. The van der Waals surface area contributed by atoms with Gasteiger partial charge in [0.25, 0.3) is 0 Å². The summed E-state index contributed by atoms with van der Waals surface area (Å²) in [6.07, 6.45) is 0. The van der Waals surface area contributed by atoms with Crippen molar-refractivity contribution >= 4 is 39.8 Å². The Balaban J connectivity index is 1.51. The fourth-order valence-electron chi connectivity index (χ4n) is 3.05. The molecule has 0 aliphatic rings. The van der Waals surface area contributed by atoms with Crippen molar-refractivity contribution in [1.29, 1.82) is 0 Å². The summed E-state index contributed by atoms with van der Waals surface area (Å²) < 4.78 is 6.59. The number of benzene rings is 2.